The number of aromatic nitrogens is 1. The summed E-state index contributed by atoms with van der Waals surface area (Å²) in [7, 11) is 0. The van der Waals surface area contributed by atoms with Gasteiger partial charge in [-0.1, -0.05) is 27.7 Å². The number of ether oxygens (including phenoxy) is 1. The van der Waals surface area contributed by atoms with Crippen molar-refractivity contribution in [3.8, 4) is 5.75 Å². The minimum atomic E-state index is -4.42. The maximum atomic E-state index is 12.9. The molecule has 0 saturated heterocycles. The predicted molar refractivity (Wildman–Crippen MR) is 63.7 cm³/mol. The Hall–Kier alpha value is -1.26. The van der Waals surface area contributed by atoms with Crippen molar-refractivity contribution in [2.75, 3.05) is 6.61 Å². The fraction of sp³-hybridized carbons (Fsp3) is 0.615. The van der Waals surface area contributed by atoms with Gasteiger partial charge in [-0.2, -0.15) is 13.2 Å². The van der Waals surface area contributed by atoms with E-state index in [1.165, 1.54) is 6.20 Å². The summed E-state index contributed by atoms with van der Waals surface area (Å²) in [4.78, 5) is 4.05. The molecule has 0 unspecified atom stereocenters. The number of hydrogen-bond acceptors (Lipinski definition) is 2. The quantitative estimate of drug-likeness (QED) is 0.814. The van der Waals surface area contributed by atoms with Gasteiger partial charge >= 0.3 is 6.18 Å². The Kier molecular flexibility index (Phi) is 4.24. The Morgan fingerprint density at radius 3 is 2.28 bits per heavy atom. The molecule has 0 atom stereocenters. The summed E-state index contributed by atoms with van der Waals surface area (Å²) >= 11 is 0. The van der Waals surface area contributed by atoms with Gasteiger partial charge in [-0.3, -0.25) is 4.98 Å². The lowest BCUT2D eigenvalue weighted by molar-refractivity contribution is -0.139. The molecule has 102 valence electrons. The summed E-state index contributed by atoms with van der Waals surface area (Å²) in [6, 6.07) is 1.07. The zero-order valence-electron chi connectivity index (χ0n) is 11.1. The molecule has 0 spiro atoms. The molecule has 0 aromatic carbocycles. The highest BCUT2D eigenvalue weighted by molar-refractivity contribution is 5.36. The Labute approximate surface area is 105 Å². The van der Waals surface area contributed by atoms with Crippen LogP contribution in [-0.2, 0) is 11.6 Å². The van der Waals surface area contributed by atoms with Crippen molar-refractivity contribution in [2.45, 2.75) is 45.7 Å². The number of nitrogens with zero attached hydrogens (tertiary/aromatic N) is 1. The Morgan fingerprint density at radius 2 is 1.83 bits per heavy atom. The van der Waals surface area contributed by atoms with E-state index in [9.17, 15) is 13.2 Å². The molecule has 2 nitrogen and oxygen atoms in total. The van der Waals surface area contributed by atoms with Crippen LogP contribution in [0.1, 0.15) is 45.4 Å². The molecule has 0 fully saturated rings. The normalized spacial score (nSPS) is 12.6. The second-order valence-electron chi connectivity index (χ2n) is 5.16. The van der Waals surface area contributed by atoms with Crippen LogP contribution in [0.4, 0.5) is 13.2 Å². The van der Waals surface area contributed by atoms with Crippen LogP contribution in [0, 0.1) is 0 Å². The van der Waals surface area contributed by atoms with E-state index in [4.69, 9.17) is 4.74 Å². The third-order valence-electron chi connectivity index (χ3n) is 2.40. The molecule has 1 aromatic heterocycles. The van der Waals surface area contributed by atoms with Crippen LogP contribution < -0.4 is 4.74 Å². The number of pyridine rings is 1. The number of hydrogen-bond donors (Lipinski definition) is 0. The SMILES string of the molecule is CCCOc1cnc(C(C)(C)C)cc1C(F)(F)F. The smallest absolute Gasteiger partial charge is 0.420 e. The molecule has 1 aromatic rings. The van der Waals surface area contributed by atoms with Crippen LogP contribution in [0.3, 0.4) is 0 Å². The van der Waals surface area contributed by atoms with Gasteiger partial charge in [0.2, 0.25) is 0 Å². The minimum absolute atomic E-state index is 0.197. The van der Waals surface area contributed by atoms with Gasteiger partial charge < -0.3 is 4.74 Å². The first kappa shape index (κ1) is 14.8. The molecule has 0 N–H and O–H groups in total. The first-order valence-corrected chi connectivity index (χ1v) is 5.86. The van der Waals surface area contributed by atoms with Crippen molar-refractivity contribution in [1.29, 1.82) is 0 Å². The number of rotatable bonds is 3. The molecule has 0 bridgehead atoms. The van der Waals surface area contributed by atoms with Crippen LogP contribution in [0.25, 0.3) is 0 Å². The van der Waals surface area contributed by atoms with E-state index in [0.29, 0.717) is 12.1 Å². The first-order valence-electron chi connectivity index (χ1n) is 5.86. The van der Waals surface area contributed by atoms with Crippen molar-refractivity contribution in [3.05, 3.63) is 23.5 Å². The molecule has 1 heterocycles. The molecule has 1 rings (SSSR count). The standard InChI is InChI=1S/C13H18F3NO/c1-5-6-18-10-8-17-11(12(2,3)4)7-9(10)13(14,15)16/h7-8H,5-6H2,1-4H3. The van der Waals surface area contributed by atoms with Gasteiger partial charge in [0.25, 0.3) is 0 Å². The van der Waals surface area contributed by atoms with E-state index in [0.717, 1.165) is 6.07 Å². The summed E-state index contributed by atoms with van der Waals surface area (Å²) in [5.74, 6) is -0.197. The van der Waals surface area contributed by atoms with Gasteiger partial charge in [-0.05, 0) is 12.5 Å². The van der Waals surface area contributed by atoms with E-state index in [2.05, 4.69) is 4.98 Å². The second-order valence-corrected chi connectivity index (χ2v) is 5.16. The highest BCUT2D eigenvalue weighted by Crippen LogP contribution is 2.37. The average molecular weight is 261 g/mol. The van der Waals surface area contributed by atoms with E-state index >= 15 is 0 Å². The minimum Gasteiger partial charge on any atom is -0.491 e. The second kappa shape index (κ2) is 5.16. The highest BCUT2D eigenvalue weighted by atomic mass is 19.4. The fourth-order valence-corrected chi connectivity index (χ4v) is 1.40. The summed E-state index contributed by atoms with van der Waals surface area (Å²) in [6.45, 7) is 7.55. The van der Waals surface area contributed by atoms with Crippen LogP contribution in [0.2, 0.25) is 0 Å². The summed E-state index contributed by atoms with van der Waals surface area (Å²) in [6.07, 6.45) is -2.61. The Balaban J connectivity index is 3.21. The molecule has 0 aliphatic rings. The van der Waals surface area contributed by atoms with Gasteiger partial charge in [0.05, 0.1) is 12.8 Å². The number of alkyl halides is 3. The van der Waals surface area contributed by atoms with Crippen LogP contribution in [0.5, 0.6) is 5.75 Å². The monoisotopic (exact) mass is 261 g/mol. The zero-order chi connectivity index (χ0) is 14.0. The molecule has 5 heteroatoms. The highest BCUT2D eigenvalue weighted by Gasteiger charge is 2.36. The fourth-order valence-electron chi connectivity index (χ4n) is 1.40. The van der Waals surface area contributed by atoms with Crippen molar-refractivity contribution in [1.82, 2.24) is 4.98 Å². The molecule has 18 heavy (non-hydrogen) atoms. The lowest BCUT2D eigenvalue weighted by Gasteiger charge is -2.21. The van der Waals surface area contributed by atoms with Crippen molar-refractivity contribution >= 4 is 0 Å². The van der Waals surface area contributed by atoms with E-state index in [1.807, 2.05) is 27.7 Å². The predicted octanol–water partition coefficient (Wildman–Crippen LogP) is 4.19. The van der Waals surface area contributed by atoms with Crippen molar-refractivity contribution in [2.24, 2.45) is 0 Å². The summed E-state index contributed by atoms with van der Waals surface area (Å²) < 4.78 is 43.9. The molecule has 0 amide bonds. The van der Waals surface area contributed by atoms with Crippen LogP contribution in [-0.4, -0.2) is 11.6 Å². The maximum Gasteiger partial charge on any atom is 0.420 e. The summed E-state index contributed by atoms with van der Waals surface area (Å²) in [5, 5.41) is 0. The van der Waals surface area contributed by atoms with Crippen molar-refractivity contribution in [3.63, 3.8) is 0 Å². The van der Waals surface area contributed by atoms with Gasteiger partial charge in [0, 0.05) is 11.1 Å². The topological polar surface area (TPSA) is 22.1 Å². The Bertz CT molecular complexity index is 408. The molecular weight excluding hydrogens is 243 g/mol. The largest absolute Gasteiger partial charge is 0.491 e. The number of halogens is 3. The van der Waals surface area contributed by atoms with Gasteiger partial charge in [0.1, 0.15) is 11.3 Å². The van der Waals surface area contributed by atoms with Gasteiger partial charge in [-0.25, -0.2) is 0 Å². The molecule has 0 radical (unpaired) electrons. The van der Waals surface area contributed by atoms with E-state index < -0.39 is 17.2 Å². The maximum absolute atomic E-state index is 12.9. The summed E-state index contributed by atoms with van der Waals surface area (Å²) in [5.41, 5.74) is -0.780. The average Bonchev–Trinajstić information content (AvgIpc) is 2.23. The lowest BCUT2D eigenvalue weighted by Crippen LogP contribution is -2.17. The van der Waals surface area contributed by atoms with Crippen LogP contribution in [0.15, 0.2) is 12.3 Å². The Morgan fingerprint density at radius 1 is 1.22 bits per heavy atom. The third kappa shape index (κ3) is 3.62. The van der Waals surface area contributed by atoms with Crippen molar-refractivity contribution < 1.29 is 17.9 Å². The van der Waals surface area contributed by atoms with Gasteiger partial charge in [-0.15, -0.1) is 0 Å². The molecule has 0 aliphatic carbocycles. The first-order chi connectivity index (χ1) is 8.16. The molecular formula is C13H18F3NO. The van der Waals surface area contributed by atoms with Crippen LogP contribution >= 0.6 is 0 Å². The van der Waals surface area contributed by atoms with E-state index in [-0.39, 0.29) is 12.4 Å². The lowest BCUT2D eigenvalue weighted by atomic mass is 9.90. The van der Waals surface area contributed by atoms with Gasteiger partial charge in [0.15, 0.2) is 0 Å². The third-order valence-corrected chi connectivity index (χ3v) is 2.40. The molecule has 0 saturated carbocycles. The van der Waals surface area contributed by atoms with E-state index in [1.54, 1.807) is 0 Å². The zero-order valence-corrected chi connectivity index (χ0v) is 11.1. The molecule has 0 aliphatic heterocycles.